The summed E-state index contributed by atoms with van der Waals surface area (Å²) in [5.41, 5.74) is 3.35. The van der Waals surface area contributed by atoms with Crippen LogP contribution in [0.3, 0.4) is 0 Å². The average molecular weight is 232 g/mol. The van der Waals surface area contributed by atoms with E-state index >= 15 is 0 Å². The summed E-state index contributed by atoms with van der Waals surface area (Å²) >= 11 is 0. The van der Waals surface area contributed by atoms with Gasteiger partial charge in [-0.25, -0.2) is 0 Å². The Morgan fingerprint density at radius 2 is 2.18 bits per heavy atom. The summed E-state index contributed by atoms with van der Waals surface area (Å²) in [6.45, 7) is 6.26. The Bertz CT molecular complexity index is 479. The van der Waals surface area contributed by atoms with Crippen LogP contribution in [0.25, 0.3) is 0 Å². The standard InChI is InChI=1S/C15H20O2/c1-9-4-5-13-11(9)6-12-10(2)8-17-14(12)7-15(13,3)16/h4,8,11,13,16H,5-7H2,1-3H3/t11-,13+,15+/m0/s1. The lowest BCUT2D eigenvalue weighted by Gasteiger charge is -2.32. The molecule has 2 nitrogen and oxygen atoms in total. The zero-order valence-corrected chi connectivity index (χ0v) is 10.8. The molecule has 1 aromatic heterocycles. The molecular weight excluding hydrogens is 212 g/mol. The number of aryl methyl sites for hydroxylation is 1. The Balaban J connectivity index is 2.08. The second-order valence-electron chi connectivity index (χ2n) is 5.96. The molecule has 0 spiro atoms. The second-order valence-corrected chi connectivity index (χ2v) is 5.96. The molecule has 1 N–H and O–H groups in total. The van der Waals surface area contributed by atoms with Crippen LogP contribution in [0.15, 0.2) is 22.3 Å². The highest BCUT2D eigenvalue weighted by Crippen LogP contribution is 2.45. The summed E-state index contributed by atoms with van der Waals surface area (Å²) in [5.74, 6) is 1.83. The molecule has 1 heterocycles. The van der Waals surface area contributed by atoms with Gasteiger partial charge in [0.25, 0.3) is 0 Å². The molecule has 0 bridgehead atoms. The van der Waals surface area contributed by atoms with Gasteiger partial charge in [-0.1, -0.05) is 11.6 Å². The van der Waals surface area contributed by atoms with E-state index in [1.54, 1.807) is 0 Å². The maximum absolute atomic E-state index is 10.7. The third-order valence-corrected chi connectivity index (χ3v) is 4.70. The van der Waals surface area contributed by atoms with Crippen molar-refractivity contribution in [3.8, 4) is 0 Å². The van der Waals surface area contributed by atoms with Gasteiger partial charge >= 0.3 is 0 Å². The smallest absolute Gasteiger partial charge is 0.110 e. The van der Waals surface area contributed by atoms with E-state index in [9.17, 15) is 5.11 Å². The fourth-order valence-corrected chi connectivity index (χ4v) is 3.56. The first-order valence-electron chi connectivity index (χ1n) is 6.44. The highest BCUT2D eigenvalue weighted by Gasteiger charge is 2.44. The van der Waals surface area contributed by atoms with Gasteiger partial charge in [-0.2, -0.15) is 0 Å². The van der Waals surface area contributed by atoms with Gasteiger partial charge < -0.3 is 9.52 Å². The van der Waals surface area contributed by atoms with E-state index in [1.807, 2.05) is 13.2 Å². The normalized spacial score (nSPS) is 36.1. The van der Waals surface area contributed by atoms with Gasteiger partial charge in [-0.15, -0.1) is 0 Å². The van der Waals surface area contributed by atoms with Gasteiger partial charge in [0.1, 0.15) is 5.76 Å². The van der Waals surface area contributed by atoms with E-state index in [-0.39, 0.29) is 0 Å². The fraction of sp³-hybridized carbons (Fsp3) is 0.600. The molecule has 2 aliphatic carbocycles. The molecule has 3 atom stereocenters. The largest absolute Gasteiger partial charge is 0.469 e. The lowest BCUT2D eigenvalue weighted by Crippen LogP contribution is -2.38. The lowest BCUT2D eigenvalue weighted by atomic mass is 9.77. The summed E-state index contributed by atoms with van der Waals surface area (Å²) in [6.07, 6.45) is 6.81. The minimum atomic E-state index is -0.644. The summed E-state index contributed by atoms with van der Waals surface area (Å²) in [6, 6.07) is 0. The van der Waals surface area contributed by atoms with Crippen LogP contribution in [0, 0.1) is 18.8 Å². The van der Waals surface area contributed by atoms with Crippen molar-refractivity contribution in [2.45, 2.75) is 45.6 Å². The Labute approximate surface area is 102 Å². The van der Waals surface area contributed by atoms with Crippen LogP contribution >= 0.6 is 0 Å². The van der Waals surface area contributed by atoms with Crippen LogP contribution in [0.2, 0.25) is 0 Å². The Hall–Kier alpha value is -1.02. The number of fused-ring (bicyclic) bond motifs is 2. The molecule has 17 heavy (non-hydrogen) atoms. The van der Waals surface area contributed by atoms with Gasteiger partial charge in [0.2, 0.25) is 0 Å². The molecule has 0 saturated heterocycles. The lowest BCUT2D eigenvalue weighted by molar-refractivity contribution is -0.0139. The van der Waals surface area contributed by atoms with Gasteiger partial charge in [0.15, 0.2) is 0 Å². The highest BCUT2D eigenvalue weighted by atomic mass is 16.3. The number of hydrogen-bond donors (Lipinski definition) is 1. The van der Waals surface area contributed by atoms with Crippen LogP contribution in [-0.4, -0.2) is 10.7 Å². The van der Waals surface area contributed by atoms with Gasteiger partial charge in [-0.05, 0) is 56.6 Å². The summed E-state index contributed by atoms with van der Waals surface area (Å²) < 4.78 is 5.62. The maximum Gasteiger partial charge on any atom is 0.110 e. The van der Waals surface area contributed by atoms with Crippen molar-refractivity contribution in [2.24, 2.45) is 11.8 Å². The fourth-order valence-electron chi connectivity index (χ4n) is 3.56. The van der Waals surface area contributed by atoms with Crippen LogP contribution in [0.5, 0.6) is 0 Å². The number of furan rings is 1. The number of allylic oxidation sites excluding steroid dienone is 2. The summed E-state index contributed by atoms with van der Waals surface area (Å²) in [5, 5.41) is 10.7. The number of rotatable bonds is 0. The first-order chi connectivity index (χ1) is 7.99. The number of aliphatic hydroxyl groups is 1. The van der Waals surface area contributed by atoms with Crippen molar-refractivity contribution in [2.75, 3.05) is 0 Å². The SMILES string of the molecule is CC1=CC[C@@H]2[C@H]1Cc1c(C)coc1C[C@@]2(C)O. The molecule has 0 aliphatic heterocycles. The third-order valence-electron chi connectivity index (χ3n) is 4.70. The van der Waals surface area contributed by atoms with E-state index in [1.165, 1.54) is 16.7 Å². The molecule has 0 amide bonds. The van der Waals surface area contributed by atoms with Crippen molar-refractivity contribution in [1.82, 2.24) is 0 Å². The van der Waals surface area contributed by atoms with E-state index in [0.717, 1.165) is 18.6 Å². The predicted molar refractivity (Wildman–Crippen MR) is 66.8 cm³/mol. The van der Waals surface area contributed by atoms with E-state index in [4.69, 9.17) is 4.42 Å². The topological polar surface area (TPSA) is 33.4 Å². The summed E-state index contributed by atoms with van der Waals surface area (Å²) in [7, 11) is 0. The van der Waals surface area contributed by atoms with Gasteiger partial charge in [0, 0.05) is 6.42 Å². The highest BCUT2D eigenvalue weighted by molar-refractivity contribution is 5.34. The summed E-state index contributed by atoms with van der Waals surface area (Å²) in [4.78, 5) is 0. The van der Waals surface area contributed by atoms with Crippen molar-refractivity contribution < 1.29 is 9.52 Å². The monoisotopic (exact) mass is 232 g/mol. The molecular formula is C15H20O2. The van der Waals surface area contributed by atoms with Gasteiger partial charge in [0.05, 0.1) is 11.9 Å². The molecule has 92 valence electrons. The Kier molecular flexibility index (Phi) is 2.27. The first-order valence-corrected chi connectivity index (χ1v) is 6.44. The second kappa shape index (κ2) is 3.49. The zero-order valence-electron chi connectivity index (χ0n) is 10.8. The van der Waals surface area contributed by atoms with Crippen molar-refractivity contribution >= 4 is 0 Å². The third kappa shape index (κ3) is 1.58. The molecule has 3 rings (SSSR count). The molecule has 0 aromatic carbocycles. The predicted octanol–water partition coefficient (Wildman–Crippen LogP) is 3.02. The van der Waals surface area contributed by atoms with E-state index in [0.29, 0.717) is 18.3 Å². The first kappa shape index (κ1) is 11.1. The minimum absolute atomic E-state index is 0.351. The van der Waals surface area contributed by atoms with Crippen LogP contribution in [0.4, 0.5) is 0 Å². The molecule has 2 aliphatic rings. The van der Waals surface area contributed by atoms with Gasteiger partial charge in [-0.3, -0.25) is 0 Å². The molecule has 0 unspecified atom stereocenters. The molecule has 0 radical (unpaired) electrons. The molecule has 0 fully saturated rings. The number of hydrogen-bond acceptors (Lipinski definition) is 2. The van der Waals surface area contributed by atoms with E-state index in [2.05, 4.69) is 19.9 Å². The quantitative estimate of drug-likeness (QED) is 0.697. The minimum Gasteiger partial charge on any atom is -0.469 e. The van der Waals surface area contributed by atoms with E-state index < -0.39 is 5.60 Å². The van der Waals surface area contributed by atoms with Crippen molar-refractivity contribution in [3.05, 3.63) is 34.8 Å². The average Bonchev–Trinajstić information content (AvgIpc) is 2.73. The van der Waals surface area contributed by atoms with Crippen LogP contribution in [-0.2, 0) is 12.8 Å². The van der Waals surface area contributed by atoms with Crippen LogP contribution in [0.1, 0.15) is 37.2 Å². The van der Waals surface area contributed by atoms with Crippen LogP contribution < -0.4 is 0 Å². The Morgan fingerprint density at radius 1 is 1.41 bits per heavy atom. The van der Waals surface area contributed by atoms with Crippen molar-refractivity contribution in [1.29, 1.82) is 0 Å². The van der Waals surface area contributed by atoms with Crippen molar-refractivity contribution in [3.63, 3.8) is 0 Å². The molecule has 0 saturated carbocycles. The zero-order chi connectivity index (χ0) is 12.2. The molecule has 2 heteroatoms. The Morgan fingerprint density at radius 3 is 2.94 bits per heavy atom. The maximum atomic E-state index is 10.7. The molecule has 1 aromatic rings.